The molecule has 0 aliphatic rings. The molecule has 0 aliphatic heterocycles. The van der Waals surface area contributed by atoms with E-state index in [1.165, 1.54) is 6.07 Å². The minimum Gasteiger partial charge on any atom is -0.393 e. The Bertz CT molecular complexity index is 432. The lowest BCUT2D eigenvalue weighted by atomic mass is 10.1. The van der Waals surface area contributed by atoms with Crippen LogP contribution < -0.4 is 11.5 Å². The van der Waals surface area contributed by atoms with Crippen LogP contribution in [0.5, 0.6) is 0 Å². The molecule has 0 fully saturated rings. The van der Waals surface area contributed by atoms with Crippen molar-refractivity contribution in [3.05, 3.63) is 33.9 Å². The van der Waals surface area contributed by atoms with Crippen molar-refractivity contribution >= 4 is 11.4 Å². The molecule has 4 N–H and O–H groups in total. The number of para-hydroxylation sites is 1. The van der Waals surface area contributed by atoms with Crippen LogP contribution in [0.1, 0.15) is 12.0 Å². The van der Waals surface area contributed by atoms with Crippen LogP contribution in [0.15, 0.2) is 18.2 Å². The minimum atomic E-state index is -0.526. The van der Waals surface area contributed by atoms with E-state index in [4.69, 9.17) is 11.5 Å². The predicted octanol–water partition coefficient (Wildman–Crippen LogP) is 0.877. The molecule has 5 heteroatoms. The minimum absolute atomic E-state index is 0.125. The molecule has 0 bridgehead atoms. The Labute approximate surface area is 87.2 Å². The summed E-state index contributed by atoms with van der Waals surface area (Å²) in [5.74, 6) is 5.42. The molecule has 5 nitrogen and oxygen atoms in total. The van der Waals surface area contributed by atoms with Crippen molar-refractivity contribution in [2.24, 2.45) is 5.73 Å². The zero-order valence-corrected chi connectivity index (χ0v) is 8.06. The van der Waals surface area contributed by atoms with E-state index in [-0.39, 0.29) is 11.4 Å². The molecular formula is C10H11N3O2. The maximum Gasteiger partial charge on any atom is 0.307 e. The van der Waals surface area contributed by atoms with Crippen molar-refractivity contribution < 1.29 is 4.92 Å². The van der Waals surface area contributed by atoms with E-state index in [0.29, 0.717) is 18.5 Å². The van der Waals surface area contributed by atoms with E-state index in [1.54, 1.807) is 12.1 Å². The van der Waals surface area contributed by atoms with Crippen LogP contribution in [0, 0.1) is 22.0 Å². The fourth-order valence-electron chi connectivity index (χ4n) is 1.10. The van der Waals surface area contributed by atoms with Crippen LogP contribution in [0.4, 0.5) is 11.4 Å². The highest BCUT2D eigenvalue weighted by atomic mass is 16.6. The Hall–Kier alpha value is -2.06. The summed E-state index contributed by atoms with van der Waals surface area (Å²) < 4.78 is 0. The number of rotatable bonds is 2. The van der Waals surface area contributed by atoms with Crippen LogP contribution in [0.3, 0.4) is 0 Å². The molecule has 0 radical (unpaired) electrons. The van der Waals surface area contributed by atoms with Crippen molar-refractivity contribution in [1.82, 2.24) is 0 Å². The first kappa shape index (κ1) is 11.0. The van der Waals surface area contributed by atoms with Crippen molar-refractivity contribution in [3.8, 4) is 11.8 Å². The number of nitro groups is 1. The van der Waals surface area contributed by atoms with Gasteiger partial charge in [-0.3, -0.25) is 10.1 Å². The molecule has 0 aliphatic carbocycles. The first-order chi connectivity index (χ1) is 7.16. The molecule has 1 aromatic carbocycles. The monoisotopic (exact) mass is 205 g/mol. The maximum atomic E-state index is 10.7. The summed E-state index contributed by atoms with van der Waals surface area (Å²) in [7, 11) is 0. The maximum absolute atomic E-state index is 10.7. The lowest BCUT2D eigenvalue weighted by Gasteiger charge is -1.98. The molecule has 0 saturated heterocycles. The Morgan fingerprint density at radius 1 is 1.47 bits per heavy atom. The van der Waals surface area contributed by atoms with Crippen molar-refractivity contribution in [2.45, 2.75) is 6.42 Å². The third-order valence-corrected chi connectivity index (χ3v) is 1.74. The molecule has 0 unspecified atom stereocenters. The Morgan fingerprint density at radius 3 is 2.80 bits per heavy atom. The second-order valence-corrected chi connectivity index (χ2v) is 2.84. The van der Waals surface area contributed by atoms with Crippen molar-refractivity contribution in [2.75, 3.05) is 12.3 Å². The first-order valence-corrected chi connectivity index (χ1v) is 4.38. The first-order valence-electron chi connectivity index (χ1n) is 4.38. The molecule has 0 saturated carbocycles. The van der Waals surface area contributed by atoms with Crippen LogP contribution in [-0.2, 0) is 0 Å². The van der Waals surface area contributed by atoms with Crippen molar-refractivity contribution in [3.63, 3.8) is 0 Å². The van der Waals surface area contributed by atoms with E-state index < -0.39 is 4.92 Å². The average molecular weight is 205 g/mol. The lowest BCUT2D eigenvalue weighted by molar-refractivity contribution is -0.384. The topological polar surface area (TPSA) is 95.2 Å². The van der Waals surface area contributed by atoms with Gasteiger partial charge in [0.1, 0.15) is 11.3 Å². The number of hydrogen-bond donors (Lipinski definition) is 2. The van der Waals surface area contributed by atoms with Crippen LogP contribution in [0.2, 0.25) is 0 Å². The summed E-state index contributed by atoms with van der Waals surface area (Å²) in [6.07, 6.45) is 0.506. The number of nitrogens with two attached hydrogens (primary N) is 2. The Morgan fingerprint density at radius 2 is 2.20 bits per heavy atom. The SMILES string of the molecule is NCCC#Cc1cccc(N)c1[N+](=O)[O-]. The molecule has 0 spiro atoms. The molecule has 15 heavy (non-hydrogen) atoms. The van der Waals surface area contributed by atoms with Gasteiger partial charge in [0.2, 0.25) is 0 Å². The summed E-state index contributed by atoms with van der Waals surface area (Å²) in [4.78, 5) is 10.2. The van der Waals surface area contributed by atoms with Crippen LogP contribution in [0.25, 0.3) is 0 Å². The van der Waals surface area contributed by atoms with Gasteiger partial charge < -0.3 is 11.5 Å². The Kier molecular flexibility index (Phi) is 3.66. The Balaban J connectivity index is 3.13. The average Bonchev–Trinajstić information content (AvgIpc) is 2.17. The smallest absolute Gasteiger partial charge is 0.307 e. The molecule has 0 amide bonds. The van der Waals surface area contributed by atoms with Gasteiger partial charge in [-0.2, -0.15) is 0 Å². The van der Waals surface area contributed by atoms with Crippen LogP contribution in [-0.4, -0.2) is 11.5 Å². The third kappa shape index (κ3) is 2.69. The third-order valence-electron chi connectivity index (χ3n) is 1.74. The molecule has 1 rings (SSSR count). The number of nitrogen functional groups attached to an aromatic ring is 1. The van der Waals surface area contributed by atoms with Gasteiger partial charge in [0.15, 0.2) is 0 Å². The fourth-order valence-corrected chi connectivity index (χ4v) is 1.10. The quantitative estimate of drug-likeness (QED) is 0.324. The van der Waals surface area contributed by atoms with Crippen molar-refractivity contribution in [1.29, 1.82) is 0 Å². The number of hydrogen-bond acceptors (Lipinski definition) is 4. The normalized spacial score (nSPS) is 9.13. The highest BCUT2D eigenvalue weighted by molar-refractivity contribution is 5.66. The van der Waals surface area contributed by atoms with Gasteiger partial charge in [0, 0.05) is 13.0 Å². The van der Waals surface area contributed by atoms with Gasteiger partial charge in [0.05, 0.1) is 4.92 Å². The van der Waals surface area contributed by atoms with Gasteiger partial charge in [0.25, 0.3) is 0 Å². The summed E-state index contributed by atoms with van der Waals surface area (Å²) in [5, 5.41) is 10.7. The second-order valence-electron chi connectivity index (χ2n) is 2.84. The van der Waals surface area contributed by atoms with Gasteiger partial charge in [-0.15, -0.1) is 0 Å². The zero-order chi connectivity index (χ0) is 11.3. The fraction of sp³-hybridized carbons (Fsp3) is 0.200. The van der Waals surface area contributed by atoms with Gasteiger partial charge in [-0.1, -0.05) is 17.9 Å². The van der Waals surface area contributed by atoms with Crippen LogP contribution >= 0.6 is 0 Å². The number of nitrogens with zero attached hydrogens (tertiary/aromatic N) is 1. The molecular weight excluding hydrogens is 194 g/mol. The predicted molar refractivity (Wildman–Crippen MR) is 58.1 cm³/mol. The zero-order valence-electron chi connectivity index (χ0n) is 8.06. The summed E-state index contributed by atoms with van der Waals surface area (Å²) in [5.41, 5.74) is 11.1. The van der Waals surface area contributed by atoms with Gasteiger partial charge >= 0.3 is 5.69 Å². The second kappa shape index (κ2) is 4.98. The lowest BCUT2D eigenvalue weighted by Crippen LogP contribution is -1.98. The largest absolute Gasteiger partial charge is 0.393 e. The molecule has 0 aromatic heterocycles. The standard InChI is InChI=1S/C10H11N3O2/c11-7-2-1-4-8-5-3-6-9(12)10(8)13(14)15/h3,5-6H,2,7,11-12H2. The van der Waals surface area contributed by atoms with E-state index in [0.717, 1.165) is 0 Å². The summed E-state index contributed by atoms with van der Waals surface area (Å²) in [6, 6.07) is 4.68. The van der Waals surface area contributed by atoms with E-state index in [1.807, 2.05) is 0 Å². The molecule has 1 aromatic rings. The number of nitro benzene ring substituents is 1. The molecule has 78 valence electrons. The summed E-state index contributed by atoms with van der Waals surface area (Å²) in [6.45, 7) is 0.434. The van der Waals surface area contributed by atoms with Gasteiger partial charge in [-0.25, -0.2) is 0 Å². The molecule has 0 atom stereocenters. The van der Waals surface area contributed by atoms with E-state index in [9.17, 15) is 10.1 Å². The molecule has 0 heterocycles. The highest BCUT2D eigenvalue weighted by Crippen LogP contribution is 2.24. The number of benzene rings is 1. The summed E-state index contributed by atoms with van der Waals surface area (Å²) >= 11 is 0. The van der Waals surface area contributed by atoms with E-state index >= 15 is 0 Å². The number of anilines is 1. The van der Waals surface area contributed by atoms with E-state index in [2.05, 4.69) is 11.8 Å². The van der Waals surface area contributed by atoms with Gasteiger partial charge in [-0.05, 0) is 12.1 Å². The highest BCUT2D eigenvalue weighted by Gasteiger charge is 2.15.